The molecule has 2 nitrogen and oxygen atoms in total. The second kappa shape index (κ2) is 12.3. The number of alkyl halides is 6. The van der Waals surface area contributed by atoms with Gasteiger partial charge in [-0.1, -0.05) is 23.2 Å². The molecule has 0 unspecified atom stereocenters. The summed E-state index contributed by atoms with van der Waals surface area (Å²) in [6, 6.07) is 4.70. The Hall–Kier alpha value is -0.337. The summed E-state index contributed by atoms with van der Waals surface area (Å²) in [5, 5.41) is 17.0. The molecular weight excluding hydrogens is 547 g/mol. The van der Waals surface area contributed by atoms with Crippen LogP contribution in [0.5, 0.6) is 11.5 Å². The molecule has 2 N–H and O–H groups in total. The maximum Gasteiger partial charge on any atom is 2.00 e. The van der Waals surface area contributed by atoms with Crippen molar-refractivity contribution in [2.75, 3.05) is 0 Å². The molecule has 0 fully saturated rings. The van der Waals surface area contributed by atoms with Gasteiger partial charge in [-0.2, -0.15) is 26.3 Å². The Kier molecular flexibility index (Phi) is 14.3. The first kappa shape index (κ1) is 31.4. The molecule has 0 radical (unpaired) electrons. The number of hydrogen-bond donors (Lipinski definition) is 2. The Bertz CT molecular complexity index is 664. The maximum absolute atomic E-state index is 12.0. The summed E-state index contributed by atoms with van der Waals surface area (Å²) in [4.78, 5) is 0. The number of phenols is 2. The van der Waals surface area contributed by atoms with Crippen LogP contribution in [0.2, 0.25) is 10.0 Å². The van der Waals surface area contributed by atoms with Crippen LogP contribution >= 0.6 is 23.2 Å². The monoisotopic (exact) mass is 552 g/mol. The Morgan fingerprint density at radius 3 is 1.07 bits per heavy atom. The van der Waals surface area contributed by atoms with Gasteiger partial charge >= 0.3 is 38.6 Å². The van der Waals surface area contributed by atoms with E-state index in [2.05, 4.69) is 0 Å². The predicted molar refractivity (Wildman–Crippen MR) is 76.2 cm³/mol. The minimum Gasteiger partial charge on any atom is -1.00 e. The first-order valence-corrected chi connectivity index (χ1v) is 6.69. The Labute approximate surface area is 191 Å². The van der Waals surface area contributed by atoms with Gasteiger partial charge in [0.2, 0.25) is 0 Å². The van der Waals surface area contributed by atoms with Crippen molar-refractivity contribution in [2.45, 2.75) is 12.4 Å². The molecule has 0 aliphatic carbocycles. The number of benzene rings is 2. The summed E-state index contributed by atoms with van der Waals surface area (Å²) in [6.07, 6.45) is -8.84. The van der Waals surface area contributed by atoms with Crippen LogP contribution in [0, 0.1) is 0 Å². The van der Waals surface area contributed by atoms with Crippen molar-refractivity contribution in [3.63, 3.8) is 0 Å². The maximum atomic E-state index is 12.0. The van der Waals surface area contributed by atoms with Crippen molar-refractivity contribution in [3.8, 4) is 11.5 Å². The zero-order chi connectivity index (χ0) is 18.7. The van der Waals surface area contributed by atoms with Gasteiger partial charge in [0.1, 0.15) is 11.5 Å². The standard InChI is InChI=1S/2C7H4ClF3O.2ClH.Zr/c2*8-5-3-4(7(9,10)11)1-2-6(5)12;;;/h2*1-3,12H;2*1H;/q;;;;+2/p-2. The SMILES string of the molecule is Oc1ccc(C(F)(F)F)cc1Cl.Oc1ccc(C(F)(F)F)cc1Cl.[Cl-].[Cl-].[Zr+2]. The van der Waals surface area contributed by atoms with Crippen LogP contribution < -0.4 is 24.8 Å². The van der Waals surface area contributed by atoms with Crippen molar-refractivity contribution in [1.29, 1.82) is 0 Å². The van der Waals surface area contributed by atoms with Crippen molar-refractivity contribution in [3.05, 3.63) is 57.6 Å². The van der Waals surface area contributed by atoms with Gasteiger partial charge in [0, 0.05) is 0 Å². The summed E-state index contributed by atoms with van der Waals surface area (Å²) < 4.78 is 71.8. The molecule has 0 amide bonds. The van der Waals surface area contributed by atoms with Crippen LogP contribution in [0.15, 0.2) is 36.4 Å². The van der Waals surface area contributed by atoms with Gasteiger partial charge in [0.25, 0.3) is 0 Å². The molecular formula is C14H8Cl4F6O2Zr. The second-order valence-corrected chi connectivity index (χ2v) is 5.14. The quantitative estimate of drug-likeness (QED) is 0.455. The van der Waals surface area contributed by atoms with Crippen molar-refractivity contribution < 1.29 is 87.6 Å². The molecule has 0 spiro atoms. The molecule has 13 heteroatoms. The average Bonchev–Trinajstić information content (AvgIpc) is 2.43. The molecule has 150 valence electrons. The molecule has 27 heavy (non-hydrogen) atoms. The van der Waals surface area contributed by atoms with Crippen LogP contribution in [-0.2, 0) is 38.6 Å². The average molecular weight is 555 g/mol. The zero-order valence-electron chi connectivity index (χ0n) is 12.6. The van der Waals surface area contributed by atoms with Crippen LogP contribution in [0.4, 0.5) is 26.3 Å². The molecule has 2 rings (SSSR count). The fourth-order valence-electron chi connectivity index (χ4n) is 1.37. The largest absolute Gasteiger partial charge is 2.00 e. The Morgan fingerprint density at radius 1 is 0.630 bits per heavy atom. The molecule has 0 saturated heterocycles. The molecule has 2 aromatic carbocycles. The van der Waals surface area contributed by atoms with Gasteiger partial charge in [-0.15, -0.1) is 0 Å². The van der Waals surface area contributed by atoms with Gasteiger partial charge < -0.3 is 35.0 Å². The summed E-state index contributed by atoms with van der Waals surface area (Å²) in [5.74, 6) is -0.714. The van der Waals surface area contributed by atoms with Crippen LogP contribution in [0.1, 0.15) is 11.1 Å². The Balaban J connectivity index is -0.000000384. The van der Waals surface area contributed by atoms with Crippen molar-refractivity contribution in [2.24, 2.45) is 0 Å². The first-order valence-electron chi connectivity index (χ1n) is 5.94. The van der Waals surface area contributed by atoms with Crippen LogP contribution in [0.25, 0.3) is 0 Å². The normalized spacial score (nSPS) is 10.4. The minimum absolute atomic E-state index is 0. The third-order valence-electron chi connectivity index (χ3n) is 2.55. The Morgan fingerprint density at radius 2 is 0.889 bits per heavy atom. The van der Waals surface area contributed by atoms with E-state index in [0.29, 0.717) is 12.1 Å². The number of rotatable bonds is 0. The molecule has 0 aliphatic rings. The third kappa shape index (κ3) is 10.1. The van der Waals surface area contributed by atoms with E-state index in [-0.39, 0.29) is 72.6 Å². The van der Waals surface area contributed by atoms with Gasteiger partial charge in [-0.3, -0.25) is 0 Å². The van der Waals surface area contributed by atoms with Crippen LogP contribution in [-0.4, -0.2) is 10.2 Å². The van der Waals surface area contributed by atoms with E-state index >= 15 is 0 Å². The summed E-state index contributed by atoms with van der Waals surface area (Å²) >= 11 is 10.5. The third-order valence-corrected chi connectivity index (χ3v) is 3.16. The van der Waals surface area contributed by atoms with E-state index in [1.807, 2.05) is 0 Å². The van der Waals surface area contributed by atoms with Gasteiger partial charge in [0.05, 0.1) is 21.2 Å². The summed E-state index contributed by atoms with van der Waals surface area (Å²) in [6.45, 7) is 0. The summed E-state index contributed by atoms with van der Waals surface area (Å²) in [5.41, 5.74) is -1.74. The number of halogens is 10. The van der Waals surface area contributed by atoms with E-state index < -0.39 is 23.5 Å². The topological polar surface area (TPSA) is 40.5 Å². The van der Waals surface area contributed by atoms with Crippen molar-refractivity contribution >= 4 is 23.2 Å². The fourth-order valence-corrected chi connectivity index (χ4v) is 1.73. The van der Waals surface area contributed by atoms with E-state index in [1.165, 1.54) is 0 Å². The predicted octanol–water partition coefficient (Wildman–Crippen LogP) is 0.134. The van der Waals surface area contributed by atoms with Gasteiger partial charge in [0.15, 0.2) is 0 Å². The van der Waals surface area contributed by atoms with Crippen molar-refractivity contribution in [1.82, 2.24) is 0 Å². The summed E-state index contributed by atoms with van der Waals surface area (Å²) in [7, 11) is 0. The zero-order valence-corrected chi connectivity index (χ0v) is 18.1. The van der Waals surface area contributed by atoms with Crippen LogP contribution in [0.3, 0.4) is 0 Å². The molecule has 0 bridgehead atoms. The van der Waals surface area contributed by atoms with E-state index in [0.717, 1.165) is 24.3 Å². The minimum atomic E-state index is -4.42. The second-order valence-electron chi connectivity index (χ2n) is 4.33. The van der Waals surface area contributed by atoms with E-state index in [1.54, 1.807) is 0 Å². The molecule has 0 aromatic heterocycles. The van der Waals surface area contributed by atoms with Gasteiger partial charge in [-0.05, 0) is 36.4 Å². The molecule has 0 heterocycles. The molecule has 0 saturated carbocycles. The molecule has 2 aromatic rings. The molecule has 0 aliphatic heterocycles. The van der Waals surface area contributed by atoms with E-state index in [9.17, 15) is 26.3 Å². The first-order chi connectivity index (χ1) is 10.8. The van der Waals surface area contributed by atoms with E-state index in [4.69, 9.17) is 33.4 Å². The molecule has 0 atom stereocenters. The number of hydrogen-bond acceptors (Lipinski definition) is 2. The fraction of sp³-hybridized carbons (Fsp3) is 0.143. The smallest absolute Gasteiger partial charge is 1.00 e. The number of aromatic hydroxyl groups is 2. The van der Waals surface area contributed by atoms with Gasteiger partial charge in [-0.25, -0.2) is 0 Å². The number of phenolic OH excluding ortho intramolecular Hbond substituents is 2.